The molecule has 0 radical (unpaired) electrons. The van der Waals surface area contributed by atoms with Crippen molar-refractivity contribution in [3.63, 3.8) is 0 Å². The van der Waals surface area contributed by atoms with E-state index in [0.29, 0.717) is 18.5 Å². The van der Waals surface area contributed by atoms with Gasteiger partial charge in [0.05, 0.1) is 4.90 Å². The molecule has 23 heavy (non-hydrogen) atoms. The molecule has 0 spiro atoms. The highest BCUT2D eigenvalue weighted by molar-refractivity contribution is 7.89. The van der Waals surface area contributed by atoms with Crippen molar-refractivity contribution in [3.8, 4) is 0 Å². The summed E-state index contributed by atoms with van der Waals surface area (Å²) in [6.07, 6.45) is 0.846. The van der Waals surface area contributed by atoms with Crippen molar-refractivity contribution in [2.75, 3.05) is 5.32 Å². The van der Waals surface area contributed by atoms with E-state index in [1.54, 1.807) is 20.8 Å². The molecule has 0 aliphatic rings. The van der Waals surface area contributed by atoms with Crippen LogP contribution >= 0.6 is 0 Å². The number of carbonyl (C=O) groups is 2. The van der Waals surface area contributed by atoms with E-state index in [-0.39, 0.29) is 16.7 Å². The van der Waals surface area contributed by atoms with Gasteiger partial charge in [-0.15, -0.1) is 0 Å². The molecule has 1 rings (SSSR count). The summed E-state index contributed by atoms with van der Waals surface area (Å²) >= 11 is 0. The van der Waals surface area contributed by atoms with Gasteiger partial charge in [0, 0.05) is 12.1 Å². The van der Waals surface area contributed by atoms with Gasteiger partial charge in [0.25, 0.3) is 0 Å². The minimum absolute atomic E-state index is 0.0541. The summed E-state index contributed by atoms with van der Waals surface area (Å²) < 4.78 is 26.8. The van der Waals surface area contributed by atoms with Gasteiger partial charge >= 0.3 is 5.97 Å². The van der Waals surface area contributed by atoms with E-state index < -0.39 is 22.0 Å². The third kappa shape index (κ3) is 5.33. The first kappa shape index (κ1) is 19.1. The van der Waals surface area contributed by atoms with Crippen LogP contribution in [0.4, 0.5) is 5.69 Å². The Morgan fingerprint density at radius 3 is 2.17 bits per heavy atom. The third-order valence-electron chi connectivity index (χ3n) is 3.53. The summed E-state index contributed by atoms with van der Waals surface area (Å²) in [6.45, 7) is 5.17. The average molecular weight is 342 g/mol. The summed E-state index contributed by atoms with van der Waals surface area (Å²) in [5.41, 5.74) is 0.479. The highest BCUT2D eigenvalue weighted by Gasteiger charge is 2.29. The Kier molecular flexibility index (Phi) is 6.71. The van der Waals surface area contributed by atoms with E-state index in [1.165, 1.54) is 24.3 Å². The average Bonchev–Trinajstić information content (AvgIpc) is 2.52. The normalized spacial score (nSPS) is 14.0. The van der Waals surface area contributed by atoms with Gasteiger partial charge < -0.3 is 10.4 Å². The number of hydrogen-bond acceptors (Lipinski definition) is 4. The lowest BCUT2D eigenvalue weighted by atomic mass is 10.0. The van der Waals surface area contributed by atoms with Gasteiger partial charge in [-0.3, -0.25) is 9.59 Å². The first-order valence-electron chi connectivity index (χ1n) is 7.36. The zero-order valence-corrected chi connectivity index (χ0v) is 14.2. The van der Waals surface area contributed by atoms with Gasteiger partial charge in [0.15, 0.2) is 0 Å². The predicted octanol–water partition coefficient (Wildman–Crippen LogP) is 1.81. The summed E-state index contributed by atoms with van der Waals surface area (Å²) in [4.78, 5) is 22.5. The summed E-state index contributed by atoms with van der Waals surface area (Å²) in [5.74, 6) is -1.73. The molecule has 0 heterocycles. The number of carbonyl (C=O) groups excluding carboxylic acids is 1. The van der Waals surface area contributed by atoms with Gasteiger partial charge in [-0.05, 0) is 30.2 Å². The monoisotopic (exact) mass is 342 g/mol. The first-order valence-corrected chi connectivity index (χ1v) is 8.84. The standard InChI is InChI=1S/C15H22N2O5S/c1-4-10(3)14(15(19)20)17-23(21,22)12-8-6-11(7-9-12)16-13(18)5-2/h6-10,14,17H,4-5H2,1-3H3,(H,16,18)(H,19,20)/t10-,14-/m0/s1. The van der Waals surface area contributed by atoms with E-state index >= 15 is 0 Å². The molecule has 0 aliphatic heterocycles. The summed E-state index contributed by atoms with van der Waals surface area (Å²) in [6, 6.07) is 4.37. The molecular weight excluding hydrogens is 320 g/mol. The fourth-order valence-corrected chi connectivity index (χ4v) is 3.15. The van der Waals surface area contributed by atoms with Crippen LogP contribution in [0.25, 0.3) is 0 Å². The van der Waals surface area contributed by atoms with Crippen molar-refractivity contribution < 1.29 is 23.1 Å². The van der Waals surface area contributed by atoms with Crippen LogP contribution in [0.15, 0.2) is 29.2 Å². The number of benzene rings is 1. The van der Waals surface area contributed by atoms with Crippen LogP contribution < -0.4 is 10.0 Å². The topological polar surface area (TPSA) is 113 Å². The molecule has 0 bridgehead atoms. The fraction of sp³-hybridized carbons (Fsp3) is 0.467. The minimum atomic E-state index is -3.95. The molecule has 1 amide bonds. The van der Waals surface area contributed by atoms with E-state index in [9.17, 15) is 23.1 Å². The number of sulfonamides is 1. The van der Waals surface area contributed by atoms with Crippen LogP contribution in [0.5, 0.6) is 0 Å². The number of aliphatic carboxylic acids is 1. The predicted molar refractivity (Wildman–Crippen MR) is 86.6 cm³/mol. The molecular formula is C15H22N2O5S. The molecule has 1 aromatic carbocycles. The van der Waals surface area contributed by atoms with E-state index in [1.807, 2.05) is 0 Å². The molecule has 8 heteroatoms. The van der Waals surface area contributed by atoms with Crippen molar-refractivity contribution in [2.24, 2.45) is 5.92 Å². The maximum Gasteiger partial charge on any atom is 0.322 e. The van der Waals surface area contributed by atoms with Crippen LogP contribution in [0, 0.1) is 5.92 Å². The largest absolute Gasteiger partial charge is 0.480 e. The lowest BCUT2D eigenvalue weighted by Crippen LogP contribution is -2.44. The van der Waals surface area contributed by atoms with Gasteiger partial charge in [-0.25, -0.2) is 8.42 Å². The molecule has 0 aromatic heterocycles. The number of rotatable bonds is 8. The van der Waals surface area contributed by atoms with Gasteiger partial charge in [0.2, 0.25) is 15.9 Å². The van der Waals surface area contributed by atoms with Crippen molar-refractivity contribution in [3.05, 3.63) is 24.3 Å². The summed E-state index contributed by atoms with van der Waals surface area (Å²) in [7, 11) is -3.95. The first-order chi connectivity index (χ1) is 10.7. The number of amides is 1. The Labute approximate surface area is 136 Å². The molecule has 0 aliphatic carbocycles. The second kappa shape index (κ2) is 8.07. The highest BCUT2D eigenvalue weighted by Crippen LogP contribution is 2.17. The molecule has 0 saturated heterocycles. The van der Waals surface area contributed by atoms with Crippen LogP contribution in [-0.2, 0) is 19.6 Å². The van der Waals surface area contributed by atoms with E-state index in [4.69, 9.17) is 0 Å². The molecule has 3 N–H and O–H groups in total. The fourth-order valence-electron chi connectivity index (χ4n) is 1.85. The second-order valence-corrected chi connectivity index (χ2v) is 6.96. The molecule has 0 saturated carbocycles. The lowest BCUT2D eigenvalue weighted by Gasteiger charge is -2.20. The SMILES string of the molecule is CCC(=O)Nc1ccc(S(=O)(=O)N[C@H](C(=O)O)[C@@H](C)CC)cc1. The summed E-state index contributed by atoms with van der Waals surface area (Å²) in [5, 5.41) is 11.8. The van der Waals surface area contributed by atoms with Crippen LogP contribution in [0.1, 0.15) is 33.6 Å². The Hall–Kier alpha value is -1.93. The maximum atomic E-state index is 12.3. The number of anilines is 1. The molecule has 0 fully saturated rings. The third-order valence-corrected chi connectivity index (χ3v) is 4.99. The zero-order valence-electron chi connectivity index (χ0n) is 13.4. The van der Waals surface area contributed by atoms with Crippen LogP contribution in [-0.4, -0.2) is 31.4 Å². The van der Waals surface area contributed by atoms with Crippen molar-refractivity contribution in [2.45, 2.75) is 44.6 Å². The van der Waals surface area contributed by atoms with Crippen molar-refractivity contribution in [1.82, 2.24) is 4.72 Å². The Morgan fingerprint density at radius 1 is 1.17 bits per heavy atom. The minimum Gasteiger partial charge on any atom is -0.480 e. The van der Waals surface area contributed by atoms with Gasteiger partial charge in [-0.1, -0.05) is 27.2 Å². The smallest absolute Gasteiger partial charge is 0.322 e. The van der Waals surface area contributed by atoms with Gasteiger partial charge in [-0.2, -0.15) is 4.72 Å². The van der Waals surface area contributed by atoms with E-state index in [2.05, 4.69) is 10.0 Å². The highest BCUT2D eigenvalue weighted by atomic mass is 32.2. The Bertz CT molecular complexity index is 655. The van der Waals surface area contributed by atoms with Gasteiger partial charge in [0.1, 0.15) is 6.04 Å². The number of carboxylic acids is 1. The lowest BCUT2D eigenvalue weighted by molar-refractivity contribution is -0.140. The number of nitrogens with one attached hydrogen (secondary N) is 2. The van der Waals surface area contributed by atoms with Crippen LogP contribution in [0.2, 0.25) is 0 Å². The van der Waals surface area contributed by atoms with E-state index in [0.717, 1.165) is 0 Å². The molecule has 2 atom stereocenters. The van der Waals surface area contributed by atoms with Crippen molar-refractivity contribution >= 4 is 27.6 Å². The molecule has 0 unspecified atom stereocenters. The maximum absolute atomic E-state index is 12.3. The number of hydrogen-bond donors (Lipinski definition) is 3. The van der Waals surface area contributed by atoms with Crippen molar-refractivity contribution in [1.29, 1.82) is 0 Å². The Balaban J connectivity index is 2.95. The molecule has 1 aromatic rings. The number of carboxylic acid groups (broad SMARTS) is 1. The van der Waals surface area contributed by atoms with Crippen LogP contribution in [0.3, 0.4) is 0 Å². The zero-order chi connectivity index (χ0) is 17.6. The Morgan fingerprint density at radius 2 is 1.74 bits per heavy atom. The molecule has 7 nitrogen and oxygen atoms in total. The quantitative estimate of drug-likeness (QED) is 0.667. The molecule has 128 valence electrons. The second-order valence-electron chi connectivity index (χ2n) is 5.25.